The van der Waals surface area contributed by atoms with Crippen molar-refractivity contribution in [3.05, 3.63) is 53.6 Å². The number of benzene rings is 2. The fourth-order valence-electron chi connectivity index (χ4n) is 2.74. The topological polar surface area (TPSA) is 39.1 Å². The summed E-state index contributed by atoms with van der Waals surface area (Å²) in [7, 11) is 0. The van der Waals surface area contributed by atoms with E-state index in [2.05, 4.69) is 40.6 Å². The quantitative estimate of drug-likeness (QED) is 0.860. The van der Waals surface area contributed by atoms with E-state index in [1.54, 1.807) is 11.8 Å². The molecule has 0 radical (unpaired) electrons. The van der Waals surface area contributed by atoms with E-state index in [1.807, 2.05) is 24.5 Å². The van der Waals surface area contributed by atoms with Crippen LogP contribution in [0.3, 0.4) is 0 Å². The zero-order chi connectivity index (χ0) is 14.7. The maximum atomic E-state index is 9.57. The van der Waals surface area contributed by atoms with E-state index >= 15 is 0 Å². The molecule has 0 saturated carbocycles. The first-order valence-corrected chi connectivity index (χ1v) is 8.21. The van der Waals surface area contributed by atoms with Crippen LogP contribution in [0, 0.1) is 11.3 Å². The van der Waals surface area contributed by atoms with Gasteiger partial charge in [-0.05, 0) is 30.0 Å². The number of hydrogen-bond acceptors (Lipinski definition) is 4. The molecule has 0 bridgehead atoms. The number of anilines is 2. The Hall–Kier alpha value is -1.96. The first kappa shape index (κ1) is 14.0. The Morgan fingerprint density at radius 1 is 1.14 bits per heavy atom. The van der Waals surface area contributed by atoms with Gasteiger partial charge in [-0.1, -0.05) is 24.3 Å². The summed E-state index contributed by atoms with van der Waals surface area (Å²) in [6, 6.07) is 16.9. The highest BCUT2D eigenvalue weighted by Gasteiger charge is 2.19. The summed E-state index contributed by atoms with van der Waals surface area (Å²) in [5, 5.41) is 13.0. The zero-order valence-electron chi connectivity index (χ0n) is 12.0. The zero-order valence-corrected chi connectivity index (χ0v) is 12.8. The highest BCUT2D eigenvalue weighted by molar-refractivity contribution is 7.98. The lowest BCUT2D eigenvalue weighted by Crippen LogP contribution is -2.25. The van der Waals surface area contributed by atoms with Crippen molar-refractivity contribution < 1.29 is 0 Å². The van der Waals surface area contributed by atoms with E-state index in [0.29, 0.717) is 0 Å². The van der Waals surface area contributed by atoms with Gasteiger partial charge >= 0.3 is 0 Å². The summed E-state index contributed by atoms with van der Waals surface area (Å²) >= 11 is 1.62. The molecule has 1 aliphatic rings. The van der Waals surface area contributed by atoms with Gasteiger partial charge in [0.1, 0.15) is 6.07 Å². The molecule has 0 spiro atoms. The molecule has 1 heterocycles. The van der Waals surface area contributed by atoms with Crippen molar-refractivity contribution in [2.24, 2.45) is 0 Å². The highest BCUT2D eigenvalue weighted by Crippen LogP contribution is 2.35. The number of thioether (sulfide) groups is 1. The van der Waals surface area contributed by atoms with Crippen LogP contribution in [0.1, 0.15) is 11.1 Å². The first-order valence-electron chi connectivity index (χ1n) is 6.98. The number of rotatable bonds is 2. The van der Waals surface area contributed by atoms with Gasteiger partial charge in [0.05, 0.1) is 11.3 Å². The average molecular weight is 295 g/mol. The highest BCUT2D eigenvalue weighted by atomic mass is 32.2. The third-order valence-corrected chi connectivity index (χ3v) is 4.52. The Morgan fingerprint density at radius 2 is 1.95 bits per heavy atom. The summed E-state index contributed by atoms with van der Waals surface area (Å²) in [6.45, 7) is 2.64. The number of para-hydroxylation sites is 1. The Bertz CT molecular complexity index is 691. The first-order chi connectivity index (χ1) is 10.3. The van der Waals surface area contributed by atoms with Gasteiger partial charge in [0.2, 0.25) is 0 Å². The maximum Gasteiger partial charge on any atom is 0.103 e. The standard InChI is InChI=1S/C17H17N3S/c1-21-17-8-4-7-16(14(17)11-18)20-10-9-19-12-13-5-2-3-6-15(13)20/h2-8,19H,9-10,12H2,1H3. The van der Waals surface area contributed by atoms with E-state index < -0.39 is 0 Å². The normalized spacial score (nSPS) is 14.2. The van der Waals surface area contributed by atoms with Crippen molar-refractivity contribution in [3.63, 3.8) is 0 Å². The number of nitrogens with zero attached hydrogens (tertiary/aromatic N) is 2. The van der Waals surface area contributed by atoms with E-state index in [-0.39, 0.29) is 0 Å². The maximum absolute atomic E-state index is 9.57. The number of hydrogen-bond donors (Lipinski definition) is 1. The summed E-state index contributed by atoms with van der Waals surface area (Å²) < 4.78 is 0. The smallest absolute Gasteiger partial charge is 0.103 e. The molecule has 0 aromatic heterocycles. The number of nitrogens with one attached hydrogen (secondary N) is 1. The molecule has 0 fully saturated rings. The number of fused-ring (bicyclic) bond motifs is 1. The second-order valence-corrected chi connectivity index (χ2v) is 5.77. The Kier molecular flexibility index (Phi) is 4.14. The van der Waals surface area contributed by atoms with Gasteiger partial charge in [-0.15, -0.1) is 11.8 Å². The molecule has 0 unspecified atom stereocenters. The van der Waals surface area contributed by atoms with Crippen molar-refractivity contribution in [2.75, 3.05) is 24.2 Å². The molecule has 0 saturated heterocycles. The molecule has 106 valence electrons. The van der Waals surface area contributed by atoms with Crippen molar-refractivity contribution >= 4 is 23.1 Å². The molecular weight excluding hydrogens is 278 g/mol. The summed E-state index contributed by atoms with van der Waals surface area (Å²) in [5.41, 5.74) is 4.23. The minimum atomic E-state index is 0.765. The second kappa shape index (κ2) is 6.21. The Balaban J connectivity index is 2.15. The minimum absolute atomic E-state index is 0.765. The fourth-order valence-corrected chi connectivity index (χ4v) is 3.30. The molecule has 0 atom stereocenters. The van der Waals surface area contributed by atoms with E-state index in [4.69, 9.17) is 0 Å². The molecule has 4 heteroatoms. The lowest BCUT2D eigenvalue weighted by Gasteiger charge is -2.26. The molecule has 21 heavy (non-hydrogen) atoms. The second-order valence-electron chi connectivity index (χ2n) is 4.92. The monoisotopic (exact) mass is 295 g/mol. The van der Waals surface area contributed by atoms with Gasteiger partial charge in [-0.2, -0.15) is 5.26 Å². The van der Waals surface area contributed by atoms with Crippen LogP contribution in [-0.4, -0.2) is 19.3 Å². The summed E-state index contributed by atoms with van der Waals surface area (Å²) in [6.07, 6.45) is 2.01. The Labute approximate surface area is 129 Å². The summed E-state index contributed by atoms with van der Waals surface area (Å²) in [5.74, 6) is 0. The van der Waals surface area contributed by atoms with Crippen LogP contribution >= 0.6 is 11.8 Å². The van der Waals surface area contributed by atoms with Gasteiger partial charge < -0.3 is 10.2 Å². The molecule has 1 N–H and O–H groups in total. The fraction of sp³-hybridized carbons (Fsp3) is 0.235. The van der Waals surface area contributed by atoms with Crippen molar-refractivity contribution in [1.29, 1.82) is 5.26 Å². The van der Waals surface area contributed by atoms with Crippen LogP contribution in [0.15, 0.2) is 47.4 Å². The van der Waals surface area contributed by atoms with Crippen LogP contribution in [0.4, 0.5) is 11.4 Å². The van der Waals surface area contributed by atoms with Gasteiger partial charge in [-0.25, -0.2) is 0 Å². The van der Waals surface area contributed by atoms with Crippen LogP contribution in [0.5, 0.6) is 0 Å². The average Bonchev–Trinajstić information content (AvgIpc) is 2.76. The lowest BCUT2D eigenvalue weighted by atomic mass is 10.1. The van der Waals surface area contributed by atoms with E-state index in [0.717, 1.165) is 35.8 Å². The number of nitriles is 1. The van der Waals surface area contributed by atoms with Gasteiger partial charge in [-0.3, -0.25) is 0 Å². The predicted molar refractivity (Wildman–Crippen MR) is 88.1 cm³/mol. The van der Waals surface area contributed by atoms with Crippen LogP contribution in [0.2, 0.25) is 0 Å². The van der Waals surface area contributed by atoms with Crippen molar-refractivity contribution in [1.82, 2.24) is 5.32 Å². The minimum Gasteiger partial charge on any atom is -0.339 e. The molecule has 1 aliphatic heterocycles. The lowest BCUT2D eigenvalue weighted by molar-refractivity contribution is 0.712. The molecular formula is C17H17N3S. The van der Waals surface area contributed by atoms with Crippen molar-refractivity contribution in [2.45, 2.75) is 11.4 Å². The van der Waals surface area contributed by atoms with Crippen LogP contribution < -0.4 is 10.2 Å². The van der Waals surface area contributed by atoms with E-state index in [9.17, 15) is 5.26 Å². The largest absolute Gasteiger partial charge is 0.339 e. The van der Waals surface area contributed by atoms with Gasteiger partial charge in [0.15, 0.2) is 0 Å². The van der Waals surface area contributed by atoms with Gasteiger partial charge in [0.25, 0.3) is 0 Å². The third-order valence-electron chi connectivity index (χ3n) is 3.74. The van der Waals surface area contributed by atoms with E-state index in [1.165, 1.54) is 11.3 Å². The molecule has 0 aliphatic carbocycles. The third kappa shape index (κ3) is 2.63. The van der Waals surface area contributed by atoms with Crippen molar-refractivity contribution in [3.8, 4) is 6.07 Å². The molecule has 2 aromatic rings. The Morgan fingerprint density at radius 3 is 2.76 bits per heavy atom. The molecule has 0 amide bonds. The summed E-state index contributed by atoms with van der Waals surface area (Å²) in [4.78, 5) is 3.29. The van der Waals surface area contributed by atoms with Gasteiger partial charge in [0, 0.05) is 30.2 Å². The molecule has 2 aromatic carbocycles. The predicted octanol–water partition coefficient (Wildman–Crippen LogP) is 3.52. The van der Waals surface area contributed by atoms with Crippen LogP contribution in [-0.2, 0) is 6.54 Å². The molecule has 3 rings (SSSR count). The molecule has 3 nitrogen and oxygen atoms in total. The van der Waals surface area contributed by atoms with Crippen LogP contribution in [0.25, 0.3) is 0 Å². The SMILES string of the molecule is CSc1cccc(N2CCNCc3ccccc32)c1C#N.